The number of guanidine groups is 1. The molecule has 3 atom stereocenters. The summed E-state index contributed by atoms with van der Waals surface area (Å²) in [4.78, 5) is 24.1. The molecule has 2 aliphatic heterocycles. The van der Waals surface area contributed by atoms with Gasteiger partial charge in [-0.05, 0) is 46.0 Å². The monoisotopic (exact) mass is 441 g/mol. The largest absolute Gasteiger partial charge is 0.357 e. The van der Waals surface area contributed by atoms with E-state index in [0.717, 1.165) is 51.8 Å². The second kappa shape index (κ2) is 11.5. The van der Waals surface area contributed by atoms with E-state index in [1.54, 1.807) is 0 Å². The molecule has 0 saturated carbocycles. The molecular weight excluding hydrogens is 398 g/mol. The van der Waals surface area contributed by atoms with Crippen molar-refractivity contribution in [3.8, 4) is 0 Å². The molecule has 2 rings (SSSR count). The number of carbonyl (C=O) groups is 1. The fourth-order valence-electron chi connectivity index (χ4n) is 4.24. The molecule has 7 nitrogen and oxygen atoms in total. The Morgan fingerprint density at radius 2 is 1.67 bits per heavy atom. The number of piperazine rings is 1. The number of nitrogens with one attached hydrogen (secondary N) is 1. The SMILES string of the molecule is CCNC(=NCCS(=O)C(C)(C)C)N1CCN(CC(=O)N2CC(C)CC(C)C2)CC1. The van der Waals surface area contributed by atoms with Crippen molar-refractivity contribution >= 4 is 22.7 Å². The summed E-state index contributed by atoms with van der Waals surface area (Å²) < 4.78 is 12.1. The van der Waals surface area contributed by atoms with Crippen LogP contribution in [0.4, 0.5) is 0 Å². The third-order valence-electron chi connectivity index (χ3n) is 5.81. The van der Waals surface area contributed by atoms with Gasteiger partial charge in [0.2, 0.25) is 5.91 Å². The Labute approximate surface area is 186 Å². The Balaban J connectivity index is 1.82. The van der Waals surface area contributed by atoms with Crippen molar-refractivity contribution in [2.45, 2.75) is 52.7 Å². The summed E-state index contributed by atoms with van der Waals surface area (Å²) in [5.74, 6) is 2.95. The molecule has 1 amide bonds. The maximum atomic E-state index is 12.8. The third-order valence-corrected chi connectivity index (χ3v) is 7.73. The van der Waals surface area contributed by atoms with E-state index in [-0.39, 0.29) is 10.7 Å². The molecule has 8 heteroatoms. The minimum absolute atomic E-state index is 0.198. The molecule has 0 spiro atoms. The van der Waals surface area contributed by atoms with Gasteiger partial charge < -0.3 is 15.1 Å². The normalized spacial score (nSPS) is 25.3. The molecule has 0 aliphatic carbocycles. The maximum Gasteiger partial charge on any atom is 0.236 e. The molecule has 0 radical (unpaired) electrons. The van der Waals surface area contributed by atoms with Crippen LogP contribution in [0.3, 0.4) is 0 Å². The van der Waals surface area contributed by atoms with Gasteiger partial charge in [0, 0.05) is 67.1 Å². The number of amides is 1. The topological polar surface area (TPSA) is 68.2 Å². The fraction of sp³-hybridized carbons (Fsp3) is 0.909. The number of aliphatic imine (C=N–C) groups is 1. The first-order valence-electron chi connectivity index (χ1n) is 11.5. The van der Waals surface area contributed by atoms with Crippen LogP contribution in [0.15, 0.2) is 4.99 Å². The first-order chi connectivity index (χ1) is 14.1. The molecule has 0 aromatic heterocycles. The highest BCUT2D eigenvalue weighted by Gasteiger charge is 2.28. The van der Waals surface area contributed by atoms with Crippen molar-refractivity contribution in [2.75, 3.05) is 64.7 Å². The average molecular weight is 442 g/mol. The van der Waals surface area contributed by atoms with Gasteiger partial charge in [0.15, 0.2) is 5.96 Å². The zero-order valence-corrected chi connectivity index (χ0v) is 20.8. The van der Waals surface area contributed by atoms with Gasteiger partial charge in [-0.2, -0.15) is 0 Å². The lowest BCUT2D eigenvalue weighted by atomic mass is 9.92. The number of hydrogen-bond donors (Lipinski definition) is 1. The number of rotatable bonds is 6. The lowest BCUT2D eigenvalue weighted by Crippen LogP contribution is -2.55. The van der Waals surface area contributed by atoms with Gasteiger partial charge in [0.1, 0.15) is 0 Å². The molecule has 174 valence electrons. The first-order valence-corrected chi connectivity index (χ1v) is 12.8. The van der Waals surface area contributed by atoms with Gasteiger partial charge in [-0.15, -0.1) is 0 Å². The lowest BCUT2D eigenvalue weighted by molar-refractivity contribution is -0.135. The van der Waals surface area contributed by atoms with Gasteiger partial charge in [-0.1, -0.05) is 13.8 Å². The van der Waals surface area contributed by atoms with E-state index in [4.69, 9.17) is 4.99 Å². The molecule has 0 aromatic rings. The van der Waals surface area contributed by atoms with E-state index in [2.05, 4.69) is 40.8 Å². The molecule has 30 heavy (non-hydrogen) atoms. The Morgan fingerprint density at radius 3 is 2.20 bits per heavy atom. The van der Waals surface area contributed by atoms with Crippen molar-refractivity contribution in [2.24, 2.45) is 16.8 Å². The van der Waals surface area contributed by atoms with Crippen LogP contribution in [0.2, 0.25) is 0 Å². The number of hydrogen-bond acceptors (Lipinski definition) is 4. The fourth-order valence-corrected chi connectivity index (χ4v) is 5.11. The van der Waals surface area contributed by atoms with E-state index in [1.165, 1.54) is 6.42 Å². The predicted molar refractivity (Wildman–Crippen MR) is 126 cm³/mol. The highest BCUT2D eigenvalue weighted by Crippen LogP contribution is 2.21. The Morgan fingerprint density at radius 1 is 1.07 bits per heavy atom. The van der Waals surface area contributed by atoms with Crippen molar-refractivity contribution in [3.05, 3.63) is 0 Å². The number of nitrogens with zero attached hydrogens (tertiary/aromatic N) is 4. The van der Waals surface area contributed by atoms with Crippen molar-refractivity contribution in [1.82, 2.24) is 20.0 Å². The van der Waals surface area contributed by atoms with Crippen LogP contribution < -0.4 is 5.32 Å². The first kappa shape index (κ1) is 25.1. The number of carbonyl (C=O) groups excluding carboxylic acids is 1. The van der Waals surface area contributed by atoms with Crippen molar-refractivity contribution in [1.29, 1.82) is 0 Å². The number of piperidine rings is 1. The second-order valence-electron chi connectivity index (χ2n) is 9.91. The summed E-state index contributed by atoms with van der Waals surface area (Å²) in [6.45, 7) is 19.7. The molecule has 0 aromatic carbocycles. The van der Waals surface area contributed by atoms with E-state index < -0.39 is 10.8 Å². The smallest absolute Gasteiger partial charge is 0.236 e. The Hall–Kier alpha value is -1.15. The zero-order chi connectivity index (χ0) is 22.3. The van der Waals surface area contributed by atoms with Crippen molar-refractivity contribution in [3.63, 3.8) is 0 Å². The van der Waals surface area contributed by atoms with Gasteiger partial charge in [0.25, 0.3) is 0 Å². The predicted octanol–water partition coefficient (Wildman–Crippen LogP) is 1.62. The highest BCUT2D eigenvalue weighted by molar-refractivity contribution is 7.86. The van der Waals surface area contributed by atoms with Crippen LogP contribution in [-0.4, -0.2) is 100 Å². The summed E-state index contributed by atoms with van der Waals surface area (Å²) in [6.07, 6.45) is 1.22. The van der Waals surface area contributed by atoms with Gasteiger partial charge in [-0.3, -0.25) is 18.9 Å². The molecule has 1 N–H and O–H groups in total. The summed E-state index contributed by atoms with van der Waals surface area (Å²) in [5, 5.41) is 3.37. The standard InChI is InChI=1S/C22H43N5O2S/c1-7-23-21(24-8-13-30(29)22(4,5)6)26-11-9-25(10-12-26)17-20(28)27-15-18(2)14-19(3)16-27/h18-19H,7-17H2,1-6H3,(H,23,24). The van der Waals surface area contributed by atoms with E-state index >= 15 is 0 Å². The van der Waals surface area contributed by atoms with Crippen LogP contribution in [0.1, 0.15) is 48.0 Å². The Kier molecular flexibility index (Phi) is 9.60. The van der Waals surface area contributed by atoms with Crippen LogP contribution >= 0.6 is 0 Å². The van der Waals surface area contributed by atoms with Crippen molar-refractivity contribution < 1.29 is 9.00 Å². The second-order valence-corrected chi connectivity index (χ2v) is 12.2. The molecule has 3 unspecified atom stereocenters. The molecule has 2 saturated heterocycles. The van der Waals surface area contributed by atoms with Crippen LogP contribution in [0.5, 0.6) is 0 Å². The molecule has 0 bridgehead atoms. The lowest BCUT2D eigenvalue weighted by Gasteiger charge is -2.39. The van der Waals surface area contributed by atoms with Crippen LogP contribution in [0, 0.1) is 11.8 Å². The van der Waals surface area contributed by atoms with E-state index in [0.29, 0.717) is 30.7 Å². The van der Waals surface area contributed by atoms with Gasteiger partial charge >= 0.3 is 0 Å². The number of likely N-dealkylation sites (tertiary alicyclic amines) is 1. The molecule has 2 heterocycles. The highest BCUT2D eigenvalue weighted by atomic mass is 32.2. The minimum Gasteiger partial charge on any atom is -0.357 e. The molecule has 2 fully saturated rings. The quantitative estimate of drug-likeness (QED) is 0.501. The van der Waals surface area contributed by atoms with Crippen LogP contribution in [0.25, 0.3) is 0 Å². The Bertz CT molecular complexity index is 601. The minimum atomic E-state index is -0.887. The summed E-state index contributed by atoms with van der Waals surface area (Å²) >= 11 is 0. The van der Waals surface area contributed by atoms with E-state index in [1.807, 2.05) is 20.8 Å². The maximum absolute atomic E-state index is 12.8. The van der Waals surface area contributed by atoms with Crippen LogP contribution in [-0.2, 0) is 15.6 Å². The van der Waals surface area contributed by atoms with E-state index in [9.17, 15) is 9.00 Å². The zero-order valence-electron chi connectivity index (χ0n) is 19.9. The third kappa shape index (κ3) is 7.84. The average Bonchev–Trinajstić information content (AvgIpc) is 2.66. The molecule has 2 aliphatic rings. The van der Waals surface area contributed by atoms with Gasteiger partial charge in [0.05, 0.1) is 13.1 Å². The summed E-state index contributed by atoms with van der Waals surface area (Å²) in [5.41, 5.74) is 0. The summed E-state index contributed by atoms with van der Waals surface area (Å²) in [6, 6.07) is 0. The van der Waals surface area contributed by atoms with Gasteiger partial charge in [-0.25, -0.2) is 0 Å². The summed E-state index contributed by atoms with van der Waals surface area (Å²) in [7, 11) is -0.887. The molecular formula is C22H43N5O2S.